The second kappa shape index (κ2) is 8.91. The van der Waals surface area contributed by atoms with Gasteiger partial charge < -0.3 is 13.7 Å². The van der Waals surface area contributed by atoms with Gasteiger partial charge in [-0.05, 0) is 59.3 Å². The molecule has 0 spiro atoms. The average molecular weight is 554 g/mol. The molecule has 0 bridgehead atoms. The van der Waals surface area contributed by atoms with Crippen LogP contribution in [0.2, 0.25) is 0 Å². The molecule has 0 fully saturated rings. The van der Waals surface area contributed by atoms with Gasteiger partial charge in [0.1, 0.15) is 11.6 Å². The Hall–Kier alpha value is -5.68. The Bertz CT molecular complexity index is 2540. The van der Waals surface area contributed by atoms with E-state index >= 15 is 0 Å². The fraction of sp³-hybridized carbons (Fsp3) is 0.0526. The van der Waals surface area contributed by atoms with Gasteiger partial charge >= 0.3 is 0 Å². The summed E-state index contributed by atoms with van der Waals surface area (Å²) >= 11 is 0. The van der Waals surface area contributed by atoms with Gasteiger partial charge in [0.15, 0.2) is 0 Å². The summed E-state index contributed by atoms with van der Waals surface area (Å²) in [5.41, 5.74) is 9.86. The van der Waals surface area contributed by atoms with Gasteiger partial charge in [-0.15, -0.1) is 0 Å². The quantitative estimate of drug-likeness (QED) is 0.219. The molecule has 0 aliphatic rings. The molecule has 9 rings (SSSR count). The molecule has 0 saturated heterocycles. The smallest absolute Gasteiger partial charge is 0.140 e. The molecule has 3 heterocycles. The van der Waals surface area contributed by atoms with Crippen molar-refractivity contribution in [3.8, 4) is 28.5 Å². The Labute approximate surface area is 247 Å². The fourth-order valence-electron chi connectivity index (χ4n) is 6.71. The monoisotopic (exact) mass is 553 g/mol. The van der Waals surface area contributed by atoms with E-state index in [0.717, 1.165) is 56.0 Å². The van der Waals surface area contributed by atoms with Crippen LogP contribution in [0.3, 0.4) is 0 Å². The third-order valence-corrected chi connectivity index (χ3v) is 8.83. The van der Waals surface area contributed by atoms with Crippen LogP contribution in [-0.4, -0.2) is 23.7 Å². The summed E-state index contributed by atoms with van der Waals surface area (Å²) in [7, 11) is 4.20. The third-order valence-electron chi connectivity index (χ3n) is 8.83. The molecule has 9 aromatic rings. The summed E-state index contributed by atoms with van der Waals surface area (Å²) < 4.78 is 6.76. The lowest BCUT2D eigenvalue weighted by Crippen LogP contribution is -1.97. The molecule has 5 nitrogen and oxygen atoms in total. The minimum atomic E-state index is 0.955. The minimum absolute atomic E-state index is 0.955. The molecule has 0 radical (unpaired) electrons. The maximum Gasteiger partial charge on any atom is 0.140 e. The van der Waals surface area contributed by atoms with Crippen molar-refractivity contribution in [2.75, 3.05) is 0 Å². The number of imidazole rings is 2. The normalized spacial score (nSPS) is 12.0. The zero-order chi connectivity index (χ0) is 28.7. The van der Waals surface area contributed by atoms with Crippen molar-refractivity contribution in [3.63, 3.8) is 0 Å². The van der Waals surface area contributed by atoms with Gasteiger partial charge in [-0.3, -0.25) is 0 Å². The van der Waals surface area contributed by atoms with Crippen molar-refractivity contribution >= 4 is 54.6 Å². The van der Waals surface area contributed by atoms with Gasteiger partial charge in [0, 0.05) is 41.7 Å². The summed E-state index contributed by atoms with van der Waals surface area (Å²) in [6, 6.07) is 45.3. The largest absolute Gasteiger partial charge is 0.327 e. The van der Waals surface area contributed by atoms with Crippen molar-refractivity contribution < 1.29 is 0 Å². The molecule has 0 N–H and O–H groups in total. The zero-order valence-corrected chi connectivity index (χ0v) is 23.9. The molecule has 0 saturated carbocycles. The van der Waals surface area contributed by atoms with E-state index in [2.05, 4.69) is 149 Å². The number of hydrogen-bond acceptors (Lipinski definition) is 2. The number of fused-ring (bicyclic) bond motifs is 6. The summed E-state index contributed by atoms with van der Waals surface area (Å²) in [6.45, 7) is 0. The van der Waals surface area contributed by atoms with Gasteiger partial charge in [0.05, 0.1) is 33.1 Å². The standard InChI is InChI=1S/C38H27N5/c1-41-34-17-8-6-15-31(34)39-37(41)26-12-9-13-28(20-26)43-33-16-7-5-14-29(33)30-19-18-27(23-35(30)43)38-40-32-21-24-10-3-4-11-25(24)22-36(32)42(38)2/h3-23H,1-2H3. The SMILES string of the molecule is Cn1c(-c2cccc(-n3c4ccccc4c4ccc(-c5nc6cc7ccccc7cc6n5C)cc43)c2)nc2ccccc21. The first-order valence-corrected chi connectivity index (χ1v) is 14.6. The lowest BCUT2D eigenvalue weighted by atomic mass is 10.1. The van der Waals surface area contributed by atoms with Gasteiger partial charge in [-0.25, -0.2) is 9.97 Å². The zero-order valence-electron chi connectivity index (χ0n) is 23.9. The van der Waals surface area contributed by atoms with E-state index in [1.807, 2.05) is 6.07 Å². The Balaban J connectivity index is 1.26. The lowest BCUT2D eigenvalue weighted by Gasteiger charge is -2.11. The predicted octanol–water partition coefficient (Wildman–Crippen LogP) is 9.04. The van der Waals surface area contributed by atoms with Crippen LogP contribution in [0.1, 0.15) is 0 Å². The first-order valence-electron chi connectivity index (χ1n) is 14.6. The lowest BCUT2D eigenvalue weighted by molar-refractivity contribution is 0.958. The minimum Gasteiger partial charge on any atom is -0.327 e. The Morgan fingerprint density at radius 1 is 0.442 bits per heavy atom. The number of para-hydroxylation sites is 3. The van der Waals surface area contributed by atoms with Crippen molar-refractivity contribution in [1.82, 2.24) is 23.7 Å². The van der Waals surface area contributed by atoms with Gasteiger partial charge in [0.25, 0.3) is 0 Å². The number of hydrogen-bond donors (Lipinski definition) is 0. The molecule has 5 heteroatoms. The first kappa shape index (κ1) is 24.0. The highest BCUT2D eigenvalue weighted by Gasteiger charge is 2.17. The number of nitrogens with zero attached hydrogens (tertiary/aromatic N) is 5. The van der Waals surface area contributed by atoms with E-state index in [1.165, 1.54) is 27.1 Å². The van der Waals surface area contributed by atoms with Crippen LogP contribution in [-0.2, 0) is 14.1 Å². The molecular formula is C38H27N5. The molecule has 43 heavy (non-hydrogen) atoms. The molecular weight excluding hydrogens is 526 g/mol. The second-order valence-corrected chi connectivity index (χ2v) is 11.3. The number of aromatic nitrogens is 5. The van der Waals surface area contributed by atoms with E-state index < -0.39 is 0 Å². The Morgan fingerprint density at radius 2 is 1.09 bits per heavy atom. The van der Waals surface area contributed by atoms with E-state index in [0.29, 0.717) is 0 Å². The molecule has 6 aromatic carbocycles. The van der Waals surface area contributed by atoms with Crippen LogP contribution in [0.15, 0.2) is 127 Å². The first-order chi connectivity index (χ1) is 21.1. The van der Waals surface area contributed by atoms with Crippen molar-refractivity contribution in [1.29, 1.82) is 0 Å². The van der Waals surface area contributed by atoms with Crippen LogP contribution in [0.4, 0.5) is 0 Å². The number of aryl methyl sites for hydroxylation is 2. The van der Waals surface area contributed by atoms with E-state index in [-0.39, 0.29) is 0 Å². The molecule has 204 valence electrons. The van der Waals surface area contributed by atoms with E-state index in [9.17, 15) is 0 Å². The predicted molar refractivity (Wildman–Crippen MR) is 178 cm³/mol. The Morgan fingerprint density at radius 3 is 1.93 bits per heavy atom. The van der Waals surface area contributed by atoms with Crippen LogP contribution in [0, 0.1) is 0 Å². The van der Waals surface area contributed by atoms with Crippen LogP contribution < -0.4 is 0 Å². The summed E-state index contributed by atoms with van der Waals surface area (Å²) in [5.74, 6) is 1.91. The third kappa shape index (κ3) is 3.52. The van der Waals surface area contributed by atoms with E-state index in [4.69, 9.17) is 9.97 Å². The topological polar surface area (TPSA) is 40.6 Å². The number of rotatable bonds is 3. The summed E-state index contributed by atoms with van der Waals surface area (Å²) in [4.78, 5) is 10.1. The van der Waals surface area contributed by atoms with Gasteiger partial charge in [0.2, 0.25) is 0 Å². The summed E-state index contributed by atoms with van der Waals surface area (Å²) in [5, 5.41) is 4.88. The molecule has 0 unspecified atom stereocenters. The van der Waals surface area contributed by atoms with Crippen molar-refractivity contribution in [3.05, 3.63) is 127 Å². The molecule has 0 atom stereocenters. The van der Waals surface area contributed by atoms with Crippen molar-refractivity contribution in [2.24, 2.45) is 14.1 Å². The molecule has 0 aliphatic carbocycles. The average Bonchev–Trinajstić information content (AvgIpc) is 3.68. The second-order valence-electron chi connectivity index (χ2n) is 11.3. The van der Waals surface area contributed by atoms with Crippen LogP contribution in [0.25, 0.3) is 83.1 Å². The molecule has 0 aliphatic heterocycles. The highest BCUT2D eigenvalue weighted by Crippen LogP contribution is 2.36. The number of benzene rings is 6. The molecule has 3 aromatic heterocycles. The van der Waals surface area contributed by atoms with Gasteiger partial charge in [-0.1, -0.05) is 78.9 Å². The highest BCUT2D eigenvalue weighted by atomic mass is 15.1. The highest BCUT2D eigenvalue weighted by molar-refractivity contribution is 6.10. The maximum absolute atomic E-state index is 5.12. The Kier molecular flexibility index (Phi) is 4.97. The molecule has 0 amide bonds. The van der Waals surface area contributed by atoms with Gasteiger partial charge in [-0.2, -0.15) is 0 Å². The van der Waals surface area contributed by atoms with Crippen molar-refractivity contribution in [2.45, 2.75) is 0 Å². The van der Waals surface area contributed by atoms with Crippen LogP contribution >= 0.6 is 0 Å². The summed E-state index contributed by atoms with van der Waals surface area (Å²) in [6.07, 6.45) is 0. The van der Waals surface area contributed by atoms with Crippen LogP contribution in [0.5, 0.6) is 0 Å². The maximum atomic E-state index is 5.12. The van der Waals surface area contributed by atoms with E-state index in [1.54, 1.807) is 0 Å². The fourth-order valence-corrected chi connectivity index (χ4v) is 6.71.